The molecule has 2 N–H and O–H groups in total. The molecule has 3 rings (SSSR count). The molecule has 5 heteroatoms. The number of aryl methyl sites for hydroxylation is 1. The summed E-state index contributed by atoms with van der Waals surface area (Å²) in [6.07, 6.45) is 3.56. The van der Waals surface area contributed by atoms with Gasteiger partial charge in [0.15, 0.2) is 0 Å². The topological polar surface area (TPSA) is 67.2 Å². The first-order chi connectivity index (χ1) is 12.1. The van der Waals surface area contributed by atoms with Gasteiger partial charge in [0.05, 0.1) is 18.3 Å². The van der Waals surface area contributed by atoms with Crippen LogP contribution in [-0.2, 0) is 19.1 Å². The van der Waals surface area contributed by atoms with Crippen LogP contribution in [0.4, 0.5) is 0 Å². The Kier molecular flexibility index (Phi) is 4.95. The van der Waals surface area contributed by atoms with Crippen molar-refractivity contribution in [1.29, 1.82) is 0 Å². The number of benzene rings is 2. The molecular formula is C20H21N3O2. The van der Waals surface area contributed by atoms with Crippen LogP contribution in [0.5, 0.6) is 0 Å². The maximum Gasteiger partial charge on any atom is 0.254 e. The zero-order valence-electron chi connectivity index (χ0n) is 14.1. The molecule has 0 spiro atoms. The molecular weight excluding hydrogens is 314 g/mol. The van der Waals surface area contributed by atoms with E-state index in [1.807, 2.05) is 60.7 Å². The Bertz CT molecular complexity index is 830. The molecule has 1 heterocycles. The molecule has 0 unspecified atom stereocenters. The van der Waals surface area contributed by atoms with Gasteiger partial charge >= 0.3 is 0 Å². The standard InChI is InChI=1S/C20H21N3O2/c1-23-14-17(13-22-23)19(24)21-15-20(25,18-10-6-3-7-11-18)12-16-8-4-2-5-9-16/h2-11,13-14,25H,12,15H2,1H3,(H,21,24)/t20-/m1/s1. The predicted octanol–water partition coefficient (Wildman–Crippen LogP) is 2.28. The minimum absolute atomic E-state index is 0.111. The number of hydrogen-bond acceptors (Lipinski definition) is 3. The van der Waals surface area contributed by atoms with Crippen molar-refractivity contribution >= 4 is 5.91 Å². The van der Waals surface area contributed by atoms with Crippen molar-refractivity contribution < 1.29 is 9.90 Å². The van der Waals surface area contributed by atoms with Crippen molar-refractivity contribution in [2.24, 2.45) is 7.05 Å². The molecule has 0 aliphatic rings. The van der Waals surface area contributed by atoms with Gasteiger partial charge in [-0.2, -0.15) is 5.10 Å². The fraction of sp³-hybridized carbons (Fsp3) is 0.200. The highest BCUT2D eigenvalue weighted by Crippen LogP contribution is 2.25. The van der Waals surface area contributed by atoms with E-state index in [4.69, 9.17) is 0 Å². The summed E-state index contributed by atoms with van der Waals surface area (Å²) in [5.74, 6) is -0.254. The van der Waals surface area contributed by atoms with Crippen LogP contribution in [0.1, 0.15) is 21.5 Å². The lowest BCUT2D eigenvalue weighted by Gasteiger charge is -2.29. The minimum Gasteiger partial charge on any atom is -0.383 e. The molecule has 0 aliphatic carbocycles. The van der Waals surface area contributed by atoms with Gasteiger partial charge in [-0.3, -0.25) is 9.48 Å². The Morgan fingerprint density at radius 2 is 1.76 bits per heavy atom. The molecule has 3 aromatic rings. The fourth-order valence-corrected chi connectivity index (χ4v) is 2.82. The first kappa shape index (κ1) is 16.9. The molecule has 25 heavy (non-hydrogen) atoms. The SMILES string of the molecule is Cn1cc(C(=O)NC[C@](O)(Cc2ccccc2)c2ccccc2)cn1. The smallest absolute Gasteiger partial charge is 0.254 e. The van der Waals surface area contributed by atoms with Gasteiger partial charge < -0.3 is 10.4 Å². The number of rotatable bonds is 6. The molecule has 0 bridgehead atoms. The number of aromatic nitrogens is 2. The zero-order chi connectivity index (χ0) is 17.7. The number of hydrogen-bond donors (Lipinski definition) is 2. The Balaban J connectivity index is 1.80. The van der Waals surface area contributed by atoms with Crippen LogP contribution < -0.4 is 5.32 Å². The summed E-state index contributed by atoms with van der Waals surface area (Å²) in [6.45, 7) is 0.111. The molecule has 0 fully saturated rings. The van der Waals surface area contributed by atoms with Crippen molar-refractivity contribution in [1.82, 2.24) is 15.1 Å². The van der Waals surface area contributed by atoms with Crippen LogP contribution in [0.25, 0.3) is 0 Å². The minimum atomic E-state index is -1.19. The normalized spacial score (nSPS) is 13.2. The molecule has 1 amide bonds. The predicted molar refractivity (Wildman–Crippen MR) is 96.0 cm³/mol. The van der Waals surface area contributed by atoms with Crippen LogP contribution in [0.2, 0.25) is 0 Å². The van der Waals surface area contributed by atoms with Gasteiger partial charge in [0.1, 0.15) is 5.60 Å². The number of aliphatic hydroxyl groups is 1. The summed E-state index contributed by atoms with van der Waals surface area (Å²) < 4.78 is 1.57. The number of carbonyl (C=O) groups is 1. The molecule has 0 saturated carbocycles. The van der Waals surface area contributed by atoms with E-state index >= 15 is 0 Å². The third-order valence-corrected chi connectivity index (χ3v) is 4.16. The average molecular weight is 335 g/mol. The molecule has 5 nitrogen and oxygen atoms in total. The zero-order valence-corrected chi connectivity index (χ0v) is 14.1. The summed E-state index contributed by atoms with van der Waals surface area (Å²) in [7, 11) is 1.76. The Hall–Kier alpha value is -2.92. The fourth-order valence-electron chi connectivity index (χ4n) is 2.82. The molecule has 2 aromatic carbocycles. The van der Waals surface area contributed by atoms with Crippen molar-refractivity contribution in [3.8, 4) is 0 Å². The lowest BCUT2D eigenvalue weighted by molar-refractivity contribution is 0.0353. The van der Waals surface area contributed by atoms with Crippen LogP contribution in [-0.4, -0.2) is 27.3 Å². The van der Waals surface area contributed by atoms with Crippen LogP contribution >= 0.6 is 0 Å². The Labute approximate surface area is 146 Å². The monoisotopic (exact) mass is 335 g/mol. The Morgan fingerprint density at radius 3 is 2.36 bits per heavy atom. The van der Waals surface area contributed by atoms with Crippen LogP contribution in [0.3, 0.4) is 0 Å². The molecule has 0 aliphatic heterocycles. The Morgan fingerprint density at radius 1 is 1.12 bits per heavy atom. The molecule has 128 valence electrons. The second-order valence-electron chi connectivity index (χ2n) is 6.15. The van der Waals surface area contributed by atoms with Crippen molar-refractivity contribution in [3.63, 3.8) is 0 Å². The van der Waals surface area contributed by atoms with E-state index in [9.17, 15) is 9.90 Å². The summed E-state index contributed by atoms with van der Waals surface area (Å²) in [4.78, 5) is 12.3. The van der Waals surface area contributed by atoms with E-state index in [1.165, 1.54) is 6.20 Å². The highest BCUT2D eigenvalue weighted by atomic mass is 16.3. The maximum absolute atomic E-state index is 12.3. The van der Waals surface area contributed by atoms with Gasteiger partial charge in [-0.25, -0.2) is 0 Å². The highest BCUT2D eigenvalue weighted by Gasteiger charge is 2.30. The van der Waals surface area contributed by atoms with Gasteiger partial charge in [0.25, 0.3) is 5.91 Å². The van der Waals surface area contributed by atoms with Crippen LogP contribution in [0.15, 0.2) is 73.1 Å². The van der Waals surface area contributed by atoms with Gasteiger partial charge in [-0.05, 0) is 11.1 Å². The number of amides is 1. The summed E-state index contributed by atoms with van der Waals surface area (Å²) in [5.41, 5.74) is 1.05. The third-order valence-electron chi connectivity index (χ3n) is 4.16. The third kappa shape index (κ3) is 4.14. The van der Waals surface area contributed by atoms with E-state index in [-0.39, 0.29) is 12.5 Å². The summed E-state index contributed by atoms with van der Waals surface area (Å²) >= 11 is 0. The quantitative estimate of drug-likeness (QED) is 0.726. The van der Waals surface area contributed by atoms with Crippen molar-refractivity contribution in [2.45, 2.75) is 12.0 Å². The number of nitrogens with zero attached hydrogens (tertiary/aromatic N) is 2. The maximum atomic E-state index is 12.3. The molecule has 0 radical (unpaired) electrons. The molecule has 0 saturated heterocycles. The second kappa shape index (κ2) is 7.32. The highest BCUT2D eigenvalue weighted by molar-refractivity contribution is 5.93. The van der Waals surface area contributed by atoms with Gasteiger partial charge in [0, 0.05) is 19.7 Å². The average Bonchev–Trinajstić information content (AvgIpc) is 3.08. The van der Waals surface area contributed by atoms with Gasteiger partial charge in [0.2, 0.25) is 0 Å². The van der Waals surface area contributed by atoms with E-state index in [0.717, 1.165) is 11.1 Å². The molecule has 1 atom stereocenters. The largest absolute Gasteiger partial charge is 0.383 e. The van der Waals surface area contributed by atoms with E-state index < -0.39 is 5.60 Å². The van der Waals surface area contributed by atoms with Crippen molar-refractivity contribution in [2.75, 3.05) is 6.54 Å². The second-order valence-corrected chi connectivity index (χ2v) is 6.15. The van der Waals surface area contributed by atoms with E-state index in [1.54, 1.807) is 17.9 Å². The van der Waals surface area contributed by atoms with E-state index in [2.05, 4.69) is 10.4 Å². The number of carbonyl (C=O) groups excluding carboxylic acids is 1. The van der Waals surface area contributed by atoms with Crippen LogP contribution in [0, 0.1) is 0 Å². The first-order valence-corrected chi connectivity index (χ1v) is 8.15. The van der Waals surface area contributed by atoms with E-state index in [0.29, 0.717) is 12.0 Å². The molecule has 1 aromatic heterocycles. The van der Waals surface area contributed by atoms with Gasteiger partial charge in [-0.1, -0.05) is 60.7 Å². The lowest BCUT2D eigenvalue weighted by Crippen LogP contribution is -2.42. The number of nitrogens with one attached hydrogen (secondary N) is 1. The van der Waals surface area contributed by atoms with Crippen molar-refractivity contribution in [3.05, 3.63) is 89.7 Å². The lowest BCUT2D eigenvalue weighted by atomic mass is 9.87. The summed E-state index contributed by atoms with van der Waals surface area (Å²) in [5, 5.41) is 18.1. The van der Waals surface area contributed by atoms with Gasteiger partial charge in [-0.15, -0.1) is 0 Å². The first-order valence-electron chi connectivity index (χ1n) is 8.15. The summed E-state index contributed by atoms with van der Waals surface area (Å²) in [6, 6.07) is 19.2.